The molecule has 0 aromatic rings. The lowest BCUT2D eigenvalue weighted by atomic mass is 9.92. The first-order valence-corrected chi connectivity index (χ1v) is 6.84. The fraction of sp³-hybridized carbons (Fsp3) is 1.00. The van der Waals surface area contributed by atoms with E-state index in [9.17, 15) is 0 Å². The lowest BCUT2D eigenvalue weighted by Crippen LogP contribution is -2.36. The predicted octanol–water partition coefficient (Wildman–Crippen LogP) is 3.46. The Morgan fingerprint density at radius 2 is 1.75 bits per heavy atom. The van der Waals surface area contributed by atoms with E-state index in [1.54, 1.807) is 7.11 Å². The summed E-state index contributed by atoms with van der Waals surface area (Å²) in [6, 6.07) is 0.664. The molecule has 0 aromatic carbocycles. The molecular formula is C14H31NO. The van der Waals surface area contributed by atoms with E-state index >= 15 is 0 Å². The van der Waals surface area contributed by atoms with Crippen molar-refractivity contribution < 1.29 is 4.74 Å². The van der Waals surface area contributed by atoms with Crippen LogP contribution in [-0.2, 0) is 4.74 Å². The highest BCUT2D eigenvalue weighted by atomic mass is 16.5. The van der Waals surface area contributed by atoms with E-state index in [1.165, 1.54) is 19.3 Å². The number of hydrogen-bond donors (Lipinski definition) is 1. The third-order valence-electron chi connectivity index (χ3n) is 3.18. The van der Waals surface area contributed by atoms with Crippen LogP contribution < -0.4 is 5.32 Å². The Balaban J connectivity index is 3.95. The van der Waals surface area contributed by atoms with Crippen molar-refractivity contribution in [3.63, 3.8) is 0 Å². The van der Waals surface area contributed by atoms with Crippen LogP contribution in [0.1, 0.15) is 53.4 Å². The fourth-order valence-corrected chi connectivity index (χ4v) is 1.94. The SMILES string of the molecule is CCCNC(CCC(C)C)C(C)CCOC. The van der Waals surface area contributed by atoms with Crippen LogP contribution in [0.4, 0.5) is 0 Å². The van der Waals surface area contributed by atoms with Crippen molar-refractivity contribution in [3.8, 4) is 0 Å². The molecule has 0 saturated heterocycles. The molecule has 16 heavy (non-hydrogen) atoms. The molecule has 0 spiro atoms. The van der Waals surface area contributed by atoms with E-state index in [0.717, 1.165) is 25.5 Å². The number of ether oxygens (including phenoxy) is 1. The summed E-state index contributed by atoms with van der Waals surface area (Å²) >= 11 is 0. The predicted molar refractivity (Wildman–Crippen MR) is 71.8 cm³/mol. The van der Waals surface area contributed by atoms with Gasteiger partial charge < -0.3 is 10.1 Å². The second-order valence-corrected chi connectivity index (χ2v) is 5.29. The molecular weight excluding hydrogens is 198 g/mol. The maximum absolute atomic E-state index is 5.16. The molecule has 0 aliphatic rings. The number of methoxy groups -OCH3 is 1. The number of hydrogen-bond acceptors (Lipinski definition) is 2. The Labute approximate surface area is 102 Å². The zero-order valence-corrected chi connectivity index (χ0v) is 11.9. The van der Waals surface area contributed by atoms with Crippen molar-refractivity contribution in [2.75, 3.05) is 20.3 Å². The summed E-state index contributed by atoms with van der Waals surface area (Å²) in [6.45, 7) is 11.2. The molecule has 2 atom stereocenters. The third kappa shape index (κ3) is 8.12. The van der Waals surface area contributed by atoms with Gasteiger partial charge >= 0.3 is 0 Å². The summed E-state index contributed by atoms with van der Waals surface area (Å²) in [4.78, 5) is 0. The summed E-state index contributed by atoms with van der Waals surface area (Å²) in [7, 11) is 1.79. The quantitative estimate of drug-likeness (QED) is 0.619. The molecule has 0 fully saturated rings. The lowest BCUT2D eigenvalue weighted by molar-refractivity contribution is 0.167. The van der Waals surface area contributed by atoms with Crippen LogP contribution in [0.3, 0.4) is 0 Å². The van der Waals surface area contributed by atoms with Crippen molar-refractivity contribution in [2.24, 2.45) is 11.8 Å². The molecule has 2 heteroatoms. The highest BCUT2D eigenvalue weighted by Gasteiger charge is 2.16. The van der Waals surface area contributed by atoms with Crippen LogP contribution in [0.15, 0.2) is 0 Å². The molecule has 0 aromatic heterocycles. The van der Waals surface area contributed by atoms with Gasteiger partial charge in [-0.1, -0.05) is 27.7 Å². The van der Waals surface area contributed by atoms with Gasteiger partial charge in [0.15, 0.2) is 0 Å². The van der Waals surface area contributed by atoms with Crippen LogP contribution >= 0.6 is 0 Å². The van der Waals surface area contributed by atoms with Crippen molar-refractivity contribution >= 4 is 0 Å². The Morgan fingerprint density at radius 3 is 2.25 bits per heavy atom. The molecule has 0 radical (unpaired) electrons. The average molecular weight is 229 g/mol. The van der Waals surface area contributed by atoms with Crippen molar-refractivity contribution in [1.29, 1.82) is 0 Å². The van der Waals surface area contributed by atoms with E-state index < -0.39 is 0 Å². The fourth-order valence-electron chi connectivity index (χ4n) is 1.94. The summed E-state index contributed by atoms with van der Waals surface area (Å²) in [6.07, 6.45) is 4.99. The van der Waals surface area contributed by atoms with Crippen LogP contribution in [0, 0.1) is 11.8 Å². The van der Waals surface area contributed by atoms with Gasteiger partial charge in [0, 0.05) is 19.8 Å². The Morgan fingerprint density at radius 1 is 1.06 bits per heavy atom. The molecule has 0 bridgehead atoms. The molecule has 2 nitrogen and oxygen atoms in total. The maximum Gasteiger partial charge on any atom is 0.0465 e. The van der Waals surface area contributed by atoms with E-state index in [-0.39, 0.29) is 0 Å². The second kappa shape index (κ2) is 10.1. The Kier molecular flexibility index (Phi) is 10.0. The largest absolute Gasteiger partial charge is 0.385 e. The van der Waals surface area contributed by atoms with Crippen LogP contribution in [0.25, 0.3) is 0 Å². The molecule has 0 aliphatic heterocycles. The highest BCUT2D eigenvalue weighted by Crippen LogP contribution is 2.16. The normalized spacial score (nSPS) is 15.4. The highest BCUT2D eigenvalue weighted by molar-refractivity contribution is 4.74. The van der Waals surface area contributed by atoms with Crippen LogP contribution in [-0.4, -0.2) is 26.3 Å². The Bertz CT molecular complexity index is 148. The zero-order chi connectivity index (χ0) is 12.4. The van der Waals surface area contributed by atoms with Crippen molar-refractivity contribution in [2.45, 2.75) is 59.4 Å². The first kappa shape index (κ1) is 15.9. The molecule has 0 amide bonds. The molecule has 98 valence electrons. The molecule has 0 rings (SSSR count). The first-order valence-electron chi connectivity index (χ1n) is 6.84. The van der Waals surface area contributed by atoms with Crippen molar-refractivity contribution in [1.82, 2.24) is 5.32 Å². The summed E-state index contributed by atoms with van der Waals surface area (Å²) < 4.78 is 5.16. The average Bonchev–Trinajstić information content (AvgIpc) is 2.25. The Hall–Kier alpha value is -0.0800. The summed E-state index contributed by atoms with van der Waals surface area (Å²) in [5, 5.41) is 3.68. The van der Waals surface area contributed by atoms with E-state index in [4.69, 9.17) is 4.74 Å². The number of nitrogens with one attached hydrogen (secondary N) is 1. The molecule has 1 N–H and O–H groups in total. The van der Waals surface area contributed by atoms with E-state index in [0.29, 0.717) is 12.0 Å². The molecule has 0 saturated carbocycles. The number of rotatable bonds is 10. The minimum Gasteiger partial charge on any atom is -0.385 e. The zero-order valence-electron chi connectivity index (χ0n) is 11.9. The molecule has 2 unspecified atom stereocenters. The minimum absolute atomic E-state index is 0.664. The summed E-state index contributed by atoms with van der Waals surface area (Å²) in [5.41, 5.74) is 0. The van der Waals surface area contributed by atoms with Crippen LogP contribution in [0.5, 0.6) is 0 Å². The van der Waals surface area contributed by atoms with Gasteiger partial charge in [-0.05, 0) is 44.1 Å². The van der Waals surface area contributed by atoms with Crippen molar-refractivity contribution in [3.05, 3.63) is 0 Å². The summed E-state index contributed by atoms with van der Waals surface area (Å²) in [5.74, 6) is 1.52. The van der Waals surface area contributed by atoms with Gasteiger partial charge in [0.1, 0.15) is 0 Å². The van der Waals surface area contributed by atoms with Gasteiger partial charge in [-0.2, -0.15) is 0 Å². The van der Waals surface area contributed by atoms with Gasteiger partial charge in [-0.25, -0.2) is 0 Å². The maximum atomic E-state index is 5.16. The molecule has 0 heterocycles. The van der Waals surface area contributed by atoms with Gasteiger partial charge in [0.2, 0.25) is 0 Å². The standard InChI is InChI=1S/C14H31NO/c1-6-10-15-14(8-7-12(2)3)13(4)9-11-16-5/h12-15H,6-11H2,1-5H3. The van der Waals surface area contributed by atoms with Gasteiger partial charge in [0.05, 0.1) is 0 Å². The van der Waals surface area contributed by atoms with Crippen LogP contribution in [0.2, 0.25) is 0 Å². The first-order chi connectivity index (χ1) is 7.61. The van der Waals surface area contributed by atoms with E-state index in [1.807, 2.05) is 0 Å². The van der Waals surface area contributed by atoms with Gasteiger partial charge in [0.25, 0.3) is 0 Å². The smallest absolute Gasteiger partial charge is 0.0465 e. The molecule has 0 aliphatic carbocycles. The van der Waals surface area contributed by atoms with E-state index in [2.05, 4.69) is 33.0 Å². The minimum atomic E-state index is 0.664. The topological polar surface area (TPSA) is 21.3 Å². The third-order valence-corrected chi connectivity index (χ3v) is 3.18. The van der Waals surface area contributed by atoms with Gasteiger partial charge in [-0.3, -0.25) is 0 Å². The second-order valence-electron chi connectivity index (χ2n) is 5.29. The van der Waals surface area contributed by atoms with Gasteiger partial charge in [-0.15, -0.1) is 0 Å². The monoisotopic (exact) mass is 229 g/mol. The lowest BCUT2D eigenvalue weighted by Gasteiger charge is -2.26.